The molecule has 0 saturated carbocycles. The second-order valence-corrected chi connectivity index (χ2v) is 10.5. The molecule has 0 spiro atoms. The fourth-order valence-electron chi connectivity index (χ4n) is 6.08. The number of nitrogens with zero attached hydrogens (tertiary/aromatic N) is 3. The Labute approximate surface area is 219 Å². The highest BCUT2D eigenvalue weighted by molar-refractivity contribution is 5.77. The van der Waals surface area contributed by atoms with Crippen molar-refractivity contribution in [3.63, 3.8) is 0 Å². The molecule has 198 valence electrons. The maximum Gasteiger partial charge on any atom is 0.326 e. The number of halogens is 1. The lowest BCUT2D eigenvalue weighted by Gasteiger charge is -2.36. The summed E-state index contributed by atoms with van der Waals surface area (Å²) in [7, 11) is 0. The Bertz CT molecular complexity index is 1470. The number of imidazole rings is 1. The number of fused-ring (bicyclic) bond motifs is 1. The van der Waals surface area contributed by atoms with Gasteiger partial charge in [0, 0.05) is 37.2 Å². The second kappa shape index (κ2) is 10.6. The zero-order valence-electron chi connectivity index (χ0n) is 21.2. The number of piperidine rings is 2. The van der Waals surface area contributed by atoms with Crippen molar-refractivity contribution in [3.05, 3.63) is 76.6 Å². The minimum atomic E-state index is -0.287. The average molecular weight is 518 g/mol. The van der Waals surface area contributed by atoms with Crippen LogP contribution in [-0.2, 0) is 11.2 Å². The Kier molecular flexibility index (Phi) is 6.84. The lowest BCUT2D eigenvalue weighted by atomic mass is 9.80. The quantitative estimate of drug-likeness (QED) is 0.401. The first-order valence-electron chi connectivity index (χ1n) is 13.4. The standard InChI is InChI=1S/C29H32FN5O3/c30-22-7-5-19(6-8-22)27-17-23(33-38-27)15-21-18-31-12-9-20(21)16-28(36)34-13-10-24(11-14-34)35-26-4-2-1-3-25(26)32-29(35)37/h1-8,17,20-21,24,31H,9-16,18H2,(H,32,37)/t20-,21-/m0/s1. The number of amides is 1. The van der Waals surface area contributed by atoms with E-state index >= 15 is 0 Å². The van der Waals surface area contributed by atoms with Gasteiger partial charge in [0.25, 0.3) is 0 Å². The molecule has 2 atom stereocenters. The summed E-state index contributed by atoms with van der Waals surface area (Å²) in [6.45, 7) is 3.06. The van der Waals surface area contributed by atoms with Gasteiger partial charge in [0.1, 0.15) is 5.82 Å². The van der Waals surface area contributed by atoms with E-state index in [9.17, 15) is 14.0 Å². The van der Waals surface area contributed by atoms with Crippen molar-refractivity contribution in [1.29, 1.82) is 0 Å². The van der Waals surface area contributed by atoms with Crippen LogP contribution in [0.3, 0.4) is 0 Å². The minimum absolute atomic E-state index is 0.0797. The SMILES string of the molecule is O=C(C[C@@H]1CCNC[C@@H]1Cc1cc(-c2ccc(F)cc2)on1)N1CCC(n2c(=O)[nH]c3ccccc32)CC1. The fraction of sp³-hybridized carbons (Fsp3) is 0.414. The number of hydrogen-bond acceptors (Lipinski definition) is 5. The van der Waals surface area contributed by atoms with E-state index < -0.39 is 0 Å². The highest BCUT2D eigenvalue weighted by Crippen LogP contribution is 2.30. The van der Waals surface area contributed by atoms with Gasteiger partial charge in [-0.15, -0.1) is 0 Å². The molecule has 4 heterocycles. The van der Waals surface area contributed by atoms with Gasteiger partial charge in [-0.05, 0) is 87.0 Å². The van der Waals surface area contributed by atoms with E-state index in [2.05, 4.69) is 15.5 Å². The highest BCUT2D eigenvalue weighted by atomic mass is 19.1. The summed E-state index contributed by atoms with van der Waals surface area (Å²) < 4.78 is 20.6. The summed E-state index contributed by atoms with van der Waals surface area (Å²) in [5.74, 6) is 1.07. The molecule has 2 N–H and O–H groups in total. The topological polar surface area (TPSA) is 96.2 Å². The number of nitrogens with one attached hydrogen (secondary N) is 2. The fourth-order valence-corrected chi connectivity index (χ4v) is 6.08. The van der Waals surface area contributed by atoms with E-state index in [1.165, 1.54) is 12.1 Å². The van der Waals surface area contributed by atoms with E-state index in [0.29, 0.717) is 25.3 Å². The van der Waals surface area contributed by atoms with Crippen LogP contribution in [-0.4, -0.2) is 51.7 Å². The second-order valence-electron chi connectivity index (χ2n) is 10.5. The third-order valence-corrected chi connectivity index (χ3v) is 8.17. The van der Waals surface area contributed by atoms with Gasteiger partial charge in [0.15, 0.2) is 5.76 Å². The number of rotatable bonds is 6. The van der Waals surface area contributed by atoms with Gasteiger partial charge in [0.2, 0.25) is 5.91 Å². The average Bonchev–Trinajstić information content (AvgIpc) is 3.54. The highest BCUT2D eigenvalue weighted by Gasteiger charge is 2.32. The molecule has 6 rings (SSSR count). The molecule has 1 amide bonds. The molecule has 0 radical (unpaired) electrons. The van der Waals surface area contributed by atoms with Crippen LogP contribution in [0.25, 0.3) is 22.4 Å². The van der Waals surface area contributed by atoms with Crippen molar-refractivity contribution in [2.75, 3.05) is 26.2 Å². The van der Waals surface area contributed by atoms with E-state index in [1.54, 1.807) is 12.1 Å². The van der Waals surface area contributed by atoms with Gasteiger partial charge in [-0.25, -0.2) is 9.18 Å². The van der Waals surface area contributed by atoms with Gasteiger partial charge < -0.3 is 19.7 Å². The first kappa shape index (κ1) is 24.6. The molecule has 2 saturated heterocycles. The molecule has 2 aliphatic heterocycles. The van der Waals surface area contributed by atoms with Crippen LogP contribution >= 0.6 is 0 Å². The number of carbonyl (C=O) groups is 1. The summed E-state index contributed by atoms with van der Waals surface area (Å²) >= 11 is 0. The van der Waals surface area contributed by atoms with Crippen LogP contribution in [0.15, 0.2) is 63.9 Å². The molecule has 9 heteroatoms. The first-order valence-corrected chi connectivity index (χ1v) is 13.4. The Hall–Kier alpha value is -3.72. The monoisotopic (exact) mass is 517 g/mol. The molecule has 38 heavy (non-hydrogen) atoms. The van der Waals surface area contributed by atoms with Gasteiger partial charge in [0.05, 0.1) is 16.7 Å². The van der Waals surface area contributed by atoms with Crippen molar-refractivity contribution >= 4 is 16.9 Å². The van der Waals surface area contributed by atoms with Crippen LogP contribution in [0.2, 0.25) is 0 Å². The molecular weight excluding hydrogens is 485 g/mol. The summed E-state index contributed by atoms with van der Waals surface area (Å²) in [5.41, 5.74) is 3.33. The maximum atomic E-state index is 13.3. The van der Waals surface area contributed by atoms with Crippen molar-refractivity contribution in [2.24, 2.45) is 11.8 Å². The van der Waals surface area contributed by atoms with E-state index in [1.807, 2.05) is 39.8 Å². The van der Waals surface area contributed by atoms with Crippen molar-refractivity contribution < 1.29 is 13.7 Å². The Balaban J connectivity index is 1.07. The molecular formula is C29H32FN5O3. The molecule has 2 aromatic heterocycles. The Morgan fingerprint density at radius 1 is 1.05 bits per heavy atom. The van der Waals surface area contributed by atoms with Crippen LogP contribution < -0.4 is 11.0 Å². The van der Waals surface area contributed by atoms with E-state index in [4.69, 9.17) is 4.52 Å². The predicted octanol–water partition coefficient (Wildman–Crippen LogP) is 4.15. The number of para-hydroxylation sites is 2. The molecule has 2 aromatic carbocycles. The number of aromatic amines is 1. The number of hydrogen-bond donors (Lipinski definition) is 2. The minimum Gasteiger partial charge on any atom is -0.356 e. The Morgan fingerprint density at radius 3 is 2.66 bits per heavy atom. The summed E-state index contributed by atoms with van der Waals surface area (Å²) in [6, 6.07) is 16.0. The first-order chi connectivity index (χ1) is 18.5. The Morgan fingerprint density at radius 2 is 1.84 bits per heavy atom. The largest absolute Gasteiger partial charge is 0.356 e. The van der Waals surface area contributed by atoms with Crippen molar-refractivity contribution in [2.45, 2.75) is 38.1 Å². The smallest absolute Gasteiger partial charge is 0.326 e. The lowest BCUT2D eigenvalue weighted by Crippen LogP contribution is -2.44. The molecule has 2 fully saturated rings. The molecule has 0 bridgehead atoms. The molecule has 0 aliphatic carbocycles. The zero-order valence-corrected chi connectivity index (χ0v) is 21.2. The number of H-pyrrole nitrogens is 1. The van der Waals surface area contributed by atoms with E-state index in [-0.39, 0.29) is 35.3 Å². The number of aromatic nitrogens is 3. The molecule has 8 nitrogen and oxygen atoms in total. The van der Waals surface area contributed by atoms with Crippen molar-refractivity contribution in [3.8, 4) is 11.3 Å². The number of likely N-dealkylation sites (tertiary alicyclic amines) is 1. The van der Waals surface area contributed by atoms with Gasteiger partial charge in [-0.1, -0.05) is 17.3 Å². The predicted molar refractivity (Wildman–Crippen MR) is 142 cm³/mol. The summed E-state index contributed by atoms with van der Waals surface area (Å²) in [5, 5.41) is 7.72. The zero-order chi connectivity index (χ0) is 26.1. The maximum absolute atomic E-state index is 13.3. The van der Waals surface area contributed by atoms with Gasteiger partial charge in [-0.3, -0.25) is 9.36 Å². The number of benzene rings is 2. The summed E-state index contributed by atoms with van der Waals surface area (Å²) in [4.78, 5) is 30.8. The van der Waals surface area contributed by atoms with Crippen LogP contribution in [0.1, 0.15) is 37.4 Å². The molecule has 4 aromatic rings. The normalized spacial score (nSPS) is 20.7. The van der Waals surface area contributed by atoms with Crippen LogP contribution in [0.4, 0.5) is 4.39 Å². The van der Waals surface area contributed by atoms with Crippen LogP contribution in [0.5, 0.6) is 0 Å². The van der Waals surface area contributed by atoms with Crippen LogP contribution in [0, 0.1) is 17.7 Å². The summed E-state index contributed by atoms with van der Waals surface area (Å²) in [6.07, 6.45) is 3.73. The third-order valence-electron chi connectivity index (χ3n) is 8.17. The van der Waals surface area contributed by atoms with Gasteiger partial charge >= 0.3 is 5.69 Å². The lowest BCUT2D eigenvalue weighted by molar-refractivity contribution is -0.134. The molecule has 2 aliphatic rings. The third kappa shape index (κ3) is 5.03. The van der Waals surface area contributed by atoms with Crippen molar-refractivity contribution in [1.82, 2.24) is 24.9 Å². The van der Waals surface area contributed by atoms with Gasteiger partial charge in [-0.2, -0.15) is 0 Å². The number of carbonyl (C=O) groups excluding carboxylic acids is 1. The van der Waals surface area contributed by atoms with E-state index in [0.717, 1.165) is 61.1 Å². The molecule has 0 unspecified atom stereocenters.